The van der Waals surface area contributed by atoms with Crippen LogP contribution in [0.15, 0.2) is 48.5 Å². The average Bonchev–Trinajstić information content (AvgIpc) is 2.31. The topological polar surface area (TPSA) is 9.23 Å². The molecule has 0 spiro atoms. The van der Waals surface area contributed by atoms with Crippen molar-refractivity contribution in [1.82, 2.24) is 0 Å². The molecule has 80 valence electrons. The van der Waals surface area contributed by atoms with Crippen LogP contribution in [0.4, 0.5) is 0 Å². The van der Waals surface area contributed by atoms with E-state index in [1.807, 2.05) is 49.1 Å². The van der Waals surface area contributed by atoms with Crippen molar-refractivity contribution in [3.05, 3.63) is 54.6 Å². The zero-order valence-electron chi connectivity index (χ0n) is 9.03. The van der Waals surface area contributed by atoms with Crippen molar-refractivity contribution in [2.24, 2.45) is 0 Å². The van der Waals surface area contributed by atoms with Crippen LogP contribution in [0.25, 0.3) is 11.1 Å². The first-order valence-electron chi connectivity index (χ1n) is 4.81. The van der Waals surface area contributed by atoms with Gasteiger partial charge in [-0.1, -0.05) is 23.8 Å². The smallest absolute Gasteiger partial charge is 0.0893 e. The molecule has 2 rings (SSSR count). The van der Waals surface area contributed by atoms with E-state index in [0.717, 1.165) is 16.9 Å². The summed E-state index contributed by atoms with van der Waals surface area (Å²) < 4.78 is 5.60. The molecule has 3 heteroatoms. The first-order valence-corrected chi connectivity index (χ1v) is 6.22. The van der Waals surface area contributed by atoms with Crippen LogP contribution >= 0.6 is 8.81 Å². The van der Waals surface area contributed by atoms with Crippen LogP contribution < -0.4 is 4.52 Å². The Morgan fingerprint density at radius 3 is 2.50 bits per heavy atom. The molecule has 0 fully saturated rings. The molecule has 1 atom stereocenters. The minimum absolute atomic E-state index is 0. The molecule has 0 aliphatic rings. The molecule has 1 nitrogen and oxygen atoms in total. The summed E-state index contributed by atoms with van der Waals surface area (Å²) in [5.41, 5.74) is 2.18. The van der Waals surface area contributed by atoms with E-state index in [2.05, 4.69) is 12.1 Å². The molecule has 0 N–H and O–H groups in total. The molecule has 0 radical (unpaired) electrons. The number of para-hydroxylation sites is 1. The van der Waals surface area contributed by atoms with Gasteiger partial charge in [0.2, 0.25) is 0 Å². The van der Waals surface area contributed by atoms with Crippen LogP contribution in [0, 0.1) is 37.2 Å². The van der Waals surface area contributed by atoms with Gasteiger partial charge in [-0.3, -0.25) is 0 Å². The quantitative estimate of drug-likeness (QED) is 0.508. The van der Waals surface area contributed by atoms with Crippen molar-refractivity contribution < 1.29 is 35.6 Å². The second-order valence-corrected chi connectivity index (χ2v) is 3.69. The van der Waals surface area contributed by atoms with Gasteiger partial charge in [-0.2, -0.15) is 0 Å². The SMILES string of the molecule is CPOc1ccccc1-c1[c-]cccc1.[U]. The van der Waals surface area contributed by atoms with Gasteiger partial charge in [0.05, 0.1) is 14.6 Å². The van der Waals surface area contributed by atoms with Gasteiger partial charge >= 0.3 is 0 Å². The van der Waals surface area contributed by atoms with E-state index in [1.54, 1.807) is 0 Å². The number of hydrogen-bond donors (Lipinski definition) is 0. The van der Waals surface area contributed by atoms with Crippen LogP contribution in [0.1, 0.15) is 0 Å². The molecule has 0 saturated carbocycles. The van der Waals surface area contributed by atoms with Crippen molar-refractivity contribution >= 4 is 8.81 Å². The van der Waals surface area contributed by atoms with Crippen molar-refractivity contribution in [3.8, 4) is 16.9 Å². The molecule has 2 aromatic rings. The van der Waals surface area contributed by atoms with Gasteiger partial charge < -0.3 is 4.52 Å². The van der Waals surface area contributed by atoms with Crippen molar-refractivity contribution in [2.45, 2.75) is 0 Å². The number of hydrogen-bond acceptors (Lipinski definition) is 1. The van der Waals surface area contributed by atoms with Crippen LogP contribution in [0.2, 0.25) is 0 Å². The van der Waals surface area contributed by atoms with Gasteiger partial charge in [0, 0.05) is 31.1 Å². The summed E-state index contributed by atoms with van der Waals surface area (Å²) in [6, 6.07) is 19.2. The molecule has 0 aromatic heterocycles. The Kier molecular flexibility index (Phi) is 6.14. The monoisotopic (exact) mass is 453 g/mol. The van der Waals surface area contributed by atoms with E-state index in [9.17, 15) is 0 Å². The van der Waals surface area contributed by atoms with Gasteiger partial charge in [0.25, 0.3) is 0 Å². The number of benzene rings is 2. The molecule has 2 aromatic carbocycles. The largest absolute Gasteiger partial charge is 0.487 e. The third-order valence-electron chi connectivity index (χ3n) is 2.10. The van der Waals surface area contributed by atoms with Gasteiger partial charge in [-0.15, -0.1) is 35.9 Å². The molecule has 0 bridgehead atoms. The summed E-state index contributed by atoms with van der Waals surface area (Å²) in [7, 11) is 0.463. The Morgan fingerprint density at radius 1 is 1.06 bits per heavy atom. The fourth-order valence-corrected chi connectivity index (χ4v) is 1.85. The van der Waals surface area contributed by atoms with E-state index in [-0.39, 0.29) is 31.1 Å². The van der Waals surface area contributed by atoms with E-state index >= 15 is 0 Å². The fraction of sp³-hybridized carbons (Fsp3) is 0.0769. The molecular weight excluding hydrogens is 441 g/mol. The Bertz CT molecular complexity index is 431. The molecule has 0 aliphatic heterocycles. The van der Waals surface area contributed by atoms with E-state index in [1.165, 1.54) is 0 Å². The average molecular weight is 453 g/mol. The minimum Gasteiger partial charge on any atom is -0.487 e. The maximum atomic E-state index is 5.60. The number of rotatable bonds is 3. The van der Waals surface area contributed by atoms with E-state index < -0.39 is 0 Å². The first-order chi connectivity index (χ1) is 7.42. The third kappa shape index (κ3) is 3.36. The molecule has 0 aliphatic carbocycles. The van der Waals surface area contributed by atoms with Crippen LogP contribution in [-0.4, -0.2) is 6.66 Å². The summed E-state index contributed by atoms with van der Waals surface area (Å²) >= 11 is 0. The molecule has 16 heavy (non-hydrogen) atoms. The van der Waals surface area contributed by atoms with Crippen molar-refractivity contribution in [3.63, 3.8) is 0 Å². The van der Waals surface area contributed by atoms with Gasteiger partial charge in [-0.25, -0.2) is 0 Å². The normalized spacial score (nSPS) is 10.1. The summed E-state index contributed by atoms with van der Waals surface area (Å²) in [4.78, 5) is 0. The third-order valence-corrected chi connectivity index (χ3v) is 2.52. The zero-order chi connectivity index (χ0) is 10.5. The summed E-state index contributed by atoms with van der Waals surface area (Å²) in [6.45, 7) is 2.02. The van der Waals surface area contributed by atoms with Gasteiger partial charge in [0.1, 0.15) is 0 Å². The Labute approximate surface area is 122 Å². The second-order valence-electron chi connectivity index (χ2n) is 3.08. The predicted octanol–water partition coefficient (Wildman–Crippen LogP) is 3.76. The van der Waals surface area contributed by atoms with E-state index in [4.69, 9.17) is 4.52 Å². The predicted molar refractivity (Wildman–Crippen MR) is 65.6 cm³/mol. The van der Waals surface area contributed by atoms with Gasteiger partial charge in [0.15, 0.2) is 0 Å². The van der Waals surface area contributed by atoms with Crippen LogP contribution in [0.5, 0.6) is 5.75 Å². The van der Waals surface area contributed by atoms with Crippen molar-refractivity contribution in [2.75, 3.05) is 6.66 Å². The minimum atomic E-state index is 0. The summed E-state index contributed by atoms with van der Waals surface area (Å²) in [5.74, 6) is 0.931. The molecule has 0 saturated heterocycles. The maximum Gasteiger partial charge on any atom is 0.0893 e. The van der Waals surface area contributed by atoms with Crippen molar-refractivity contribution in [1.29, 1.82) is 0 Å². The Hall–Kier alpha value is -0.278. The Balaban J connectivity index is 0.00000128. The maximum absolute atomic E-state index is 5.60. The molecule has 0 amide bonds. The zero-order valence-corrected chi connectivity index (χ0v) is 14.2. The second kappa shape index (κ2) is 7.13. The van der Waals surface area contributed by atoms with E-state index in [0.29, 0.717) is 8.81 Å². The fourth-order valence-electron chi connectivity index (χ4n) is 1.45. The standard InChI is InChI=1S/C13H12OP.U/c1-15-14-13-10-6-5-9-12(13)11-7-3-2-4-8-11;/h2-7,9-10,15H,1H3;/q-1;. The molecular formula is C13H12OPU-. The van der Waals surface area contributed by atoms with Crippen LogP contribution in [0.3, 0.4) is 0 Å². The Morgan fingerprint density at radius 2 is 1.81 bits per heavy atom. The molecule has 1 unspecified atom stereocenters. The summed E-state index contributed by atoms with van der Waals surface area (Å²) in [6.07, 6.45) is 0. The van der Waals surface area contributed by atoms with Crippen LogP contribution in [-0.2, 0) is 0 Å². The van der Waals surface area contributed by atoms with Gasteiger partial charge in [-0.05, 0) is 12.7 Å². The first kappa shape index (κ1) is 13.8. The summed E-state index contributed by atoms with van der Waals surface area (Å²) in [5, 5.41) is 0. The molecule has 0 heterocycles.